The van der Waals surface area contributed by atoms with Crippen LogP contribution in [0, 0.1) is 5.92 Å². The van der Waals surface area contributed by atoms with E-state index >= 15 is 0 Å². The lowest BCUT2D eigenvalue weighted by molar-refractivity contribution is -0.150. The molecule has 13 heavy (non-hydrogen) atoms. The Morgan fingerprint density at radius 3 is 2.62 bits per heavy atom. The number of carbonyl (C=O) groups is 3. The number of imide groups is 1. The fourth-order valence-electron chi connectivity index (χ4n) is 1.21. The minimum Gasteiger partial charge on any atom is -0.468 e. The Labute approximate surface area is 75.6 Å². The lowest BCUT2D eigenvalue weighted by Crippen LogP contribution is -2.35. The molecular formula is C8H11NO4. The highest BCUT2D eigenvalue weighted by Crippen LogP contribution is 2.18. The van der Waals surface area contributed by atoms with Gasteiger partial charge in [-0.05, 0) is 0 Å². The topological polar surface area (TPSA) is 63.7 Å². The van der Waals surface area contributed by atoms with Gasteiger partial charge in [0.2, 0.25) is 11.8 Å². The summed E-state index contributed by atoms with van der Waals surface area (Å²) >= 11 is 0. The fourth-order valence-corrected chi connectivity index (χ4v) is 1.21. The first kappa shape index (κ1) is 9.70. The number of esters is 1. The molecular weight excluding hydrogens is 174 g/mol. The van der Waals surface area contributed by atoms with Crippen molar-refractivity contribution in [3.05, 3.63) is 0 Å². The normalized spacial score (nSPS) is 22.3. The SMILES string of the molecule is COC(=O)CN1C(=O)CC(C)C1=O. The van der Waals surface area contributed by atoms with Crippen molar-refractivity contribution in [3.8, 4) is 0 Å². The molecule has 1 heterocycles. The van der Waals surface area contributed by atoms with Crippen LogP contribution in [-0.2, 0) is 19.1 Å². The zero-order valence-electron chi connectivity index (χ0n) is 7.57. The predicted molar refractivity (Wildman–Crippen MR) is 42.5 cm³/mol. The van der Waals surface area contributed by atoms with E-state index in [-0.39, 0.29) is 30.7 Å². The molecule has 2 amide bonds. The summed E-state index contributed by atoms with van der Waals surface area (Å²) < 4.78 is 4.36. The van der Waals surface area contributed by atoms with E-state index in [1.807, 2.05) is 0 Å². The second-order valence-corrected chi connectivity index (χ2v) is 3.00. The molecule has 1 aliphatic heterocycles. The molecule has 0 N–H and O–H groups in total. The fraction of sp³-hybridized carbons (Fsp3) is 0.625. The van der Waals surface area contributed by atoms with Gasteiger partial charge >= 0.3 is 5.97 Å². The van der Waals surface area contributed by atoms with Crippen molar-refractivity contribution in [2.45, 2.75) is 13.3 Å². The summed E-state index contributed by atoms with van der Waals surface area (Å²) in [5, 5.41) is 0. The third-order valence-electron chi connectivity index (χ3n) is 1.98. The van der Waals surface area contributed by atoms with Crippen LogP contribution < -0.4 is 0 Å². The van der Waals surface area contributed by atoms with Gasteiger partial charge in [0.25, 0.3) is 0 Å². The van der Waals surface area contributed by atoms with Crippen LogP contribution in [0.2, 0.25) is 0 Å². The molecule has 1 atom stereocenters. The quantitative estimate of drug-likeness (QED) is 0.432. The minimum absolute atomic E-state index is 0.190. The van der Waals surface area contributed by atoms with E-state index in [0.717, 1.165) is 4.90 Å². The predicted octanol–water partition coefficient (Wildman–Crippen LogP) is -0.446. The largest absolute Gasteiger partial charge is 0.468 e. The van der Waals surface area contributed by atoms with Crippen molar-refractivity contribution >= 4 is 17.8 Å². The van der Waals surface area contributed by atoms with Crippen LogP contribution in [0.15, 0.2) is 0 Å². The Kier molecular flexibility index (Phi) is 2.65. The Morgan fingerprint density at radius 2 is 2.23 bits per heavy atom. The molecule has 1 rings (SSSR count). The number of hydrogen-bond donors (Lipinski definition) is 0. The Bertz CT molecular complexity index is 261. The molecule has 0 aliphatic carbocycles. The number of ether oxygens (including phenoxy) is 1. The third kappa shape index (κ3) is 1.85. The molecule has 0 saturated carbocycles. The Morgan fingerprint density at radius 1 is 1.62 bits per heavy atom. The van der Waals surface area contributed by atoms with Gasteiger partial charge in [-0.25, -0.2) is 0 Å². The van der Waals surface area contributed by atoms with E-state index in [0.29, 0.717) is 0 Å². The van der Waals surface area contributed by atoms with Crippen LogP contribution in [0.25, 0.3) is 0 Å². The molecule has 0 bridgehead atoms. The highest BCUT2D eigenvalue weighted by molar-refractivity contribution is 6.05. The first-order chi connectivity index (χ1) is 6.06. The van der Waals surface area contributed by atoms with Crippen LogP contribution in [0.5, 0.6) is 0 Å². The minimum atomic E-state index is -0.573. The van der Waals surface area contributed by atoms with Crippen molar-refractivity contribution in [1.29, 1.82) is 0 Å². The Balaban J connectivity index is 2.64. The lowest BCUT2D eigenvalue weighted by Gasteiger charge is -2.11. The van der Waals surface area contributed by atoms with Gasteiger partial charge in [-0.15, -0.1) is 0 Å². The van der Waals surface area contributed by atoms with Crippen LogP contribution in [0.1, 0.15) is 13.3 Å². The number of likely N-dealkylation sites (tertiary alicyclic amines) is 1. The smallest absolute Gasteiger partial charge is 0.325 e. The standard InChI is InChI=1S/C8H11NO4/c1-5-3-6(10)9(8(5)12)4-7(11)13-2/h5H,3-4H2,1-2H3. The summed E-state index contributed by atoms with van der Waals surface area (Å²) in [5.41, 5.74) is 0. The number of hydrogen-bond acceptors (Lipinski definition) is 4. The van der Waals surface area contributed by atoms with Gasteiger partial charge in [0.1, 0.15) is 6.54 Å². The van der Waals surface area contributed by atoms with E-state index in [1.165, 1.54) is 7.11 Å². The summed E-state index contributed by atoms with van der Waals surface area (Å²) in [7, 11) is 1.22. The van der Waals surface area contributed by atoms with E-state index < -0.39 is 5.97 Å². The van der Waals surface area contributed by atoms with Crippen LogP contribution in [0.3, 0.4) is 0 Å². The average molecular weight is 185 g/mol. The van der Waals surface area contributed by atoms with E-state index in [1.54, 1.807) is 6.92 Å². The van der Waals surface area contributed by atoms with Crippen LogP contribution >= 0.6 is 0 Å². The highest BCUT2D eigenvalue weighted by Gasteiger charge is 2.36. The van der Waals surface area contributed by atoms with Crippen molar-refractivity contribution in [2.75, 3.05) is 13.7 Å². The second-order valence-electron chi connectivity index (χ2n) is 3.00. The summed E-state index contributed by atoms with van der Waals surface area (Å²) in [6.07, 6.45) is 0.190. The van der Waals surface area contributed by atoms with Crippen molar-refractivity contribution in [2.24, 2.45) is 5.92 Å². The first-order valence-corrected chi connectivity index (χ1v) is 3.97. The molecule has 0 radical (unpaired) electrons. The average Bonchev–Trinajstić information content (AvgIpc) is 2.32. The molecule has 1 unspecified atom stereocenters. The number of rotatable bonds is 2. The van der Waals surface area contributed by atoms with Crippen LogP contribution in [-0.4, -0.2) is 36.3 Å². The molecule has 1 aliphatic rings. The molecule has 0 aromatic carbocycles. The van der Waals surface area contributed by atoms with Gasteiger partial charge in [0.05, 0.1) is 7.11 Å². The van der Waals surface area contributed by atoms with E-state index in [9.17, 15) is 14.4 Å². The maximum Gasteiger partial charge on any atom is 0.325 e. The number of nitrogens with zero attached hydrogens (tertiary/aromatic N) is 1. The van der Waals surface area contributed by atoms with Crippen molar-refractivity contribution < 1.29 is 19.1 Å². The van der Waals surface area contributed by atoms with Gasteiger partial charge in [0, 0.05) is 12.3 Å². The van der Waals surface area contributed by atoms with Gasteiger partial charge in [-0.1, -0.05) is 6.92 Å². The van der Waals surface area contributed by atoms with E-state index in [4.69, 9.17) is 0 Å². The van der Waals surface area contributed by atoms with Gasteiger partial charge in [-0.3, -0.25) is 19.3 Å². The van der Waals surface area contributed by atoms with Crippen LogP contribution in [0.4, 0.5) is 0 Å². The van der Waals surface area contributed by atoms with Gasteiger partial charge in [0.15, 0.2) is 0 Å². The zero-order chi connectivity index (χ0) is 10.0. The van der Waals surface area contributed by atoms with Gasteiger partial charge < -0.3 is 4.74 Å². The van der Waals surface area contributed by atoms with Crippen molar-refractivity contribution in [3.63, 3.8) is 0 Å². The third-order valence-corrected chi connectivity index (χ3v) is 1.98. The molecule has 0 aromatic rings. The first-order valence-electron chi connectivity index (χ1n) is 3.97. The molecule has 5 heteroatoms. The Hall–Kier alpha value is -1.39. The lowest BCUT2D eigenvalue weighted by atomic mass is 10.1. The molecule has 0 aromatic heterocycles. The van der Waals surface area contributed by atoms with Gasteiger partial charge in [-0.2, -0.15) is 0 Å². The molecule has 72 valence electrons. The maximum atomic E-state index is 11.3. The molecule has 1 fully saturated rings. The summed E-state index contributed by atoms with van der Waals surface area (Å²) in [5.74, 6) is -1.48. The van der Waals surface area contributed by atoms with E-state index in [2.05, 4.69) is 4.74 Å². The summed E-state index contributed by atoms with van der Waals surface area (Å²) in [6, 6.07) is 0. The highest BCUT2D eigenvalue weighted by atomic mass is 16.5. The number of amides is 2. The second kappa shape index (κ2) is 3.55. The maximum absolute atomic E-state index is 11.3. The summed E-state index contributed by atoms with van der Waals surface area (Å²) in [4.78, 5) is 34.1. The summed E-state index contributed by atoms with van der Waals surface area (Å²) in [6.45, 7) is 1.40. The number of methoxy groups -OCH3 is 1. The van der Waals surface area contributed by atoms with Crippen molar-refractivity contribution in [1.82, 2.24) is 4.90 Å². The monoisotopic (exact) mass is 185 g/mol. The molecule has 5 nitrogen and oxygen atoms in total. The zero-order valence-corrected chi connectivity index (χ0v) is 7.57. The number of carbonyl (C=O) groups excluding carboxylic acids is 3. The molecule has 0 spiro atoms. The molecule has 1 saturated heterocycles.